The fourth-order valence-electron chi connectivity index (χ4n) is 2.13. The van der Waals surface area contributed by atoms with Crippen LogP contribution in [0.4, 0.5) is 0 Å². The van der Waals surface area contributed by atoms with Gasteiger partial charge in [0.15, 0.2) is 6.10 Å². The van der Waals surface area contributed by atoms with Gasteiger partial charge in [0.05, 0.1) is 13.7 Å². The van der Waals surface area contributed by atoms with Gasteiger partial charge in [-0.15, -0.1) is 12.4 Å². The lowest BCUT2D eigenvalue weighted by Crippen LogP contribution is -2.30. The van der Waals surface area contributed by atoms with Crippen molar-refractivity contribution >= 4 is 18.4 Å². The first-order valence-electron chi connectivity index (χ1n) is 6.18. The maximum Gasteiger partial charge on any atom is 0.335 e. The molecule has 2 unspecified atom stereocenters. The third-order valence-corrected chi connectivity index (χ3v) is 3.30. The number of aryl methyl sites for hydroxylation is 1. The predicted molar refractivity (Wildman–Crippen MR) is 75.4 cm³/mol. The Labute approximate surface area is 119 Å². The summed E-state index contributed by atoms with van der Waals surface area (Å²) in [7, 11) is 1.39. The molecule has 1 saturated heterocycles. The van der Waals surface area contributed by atoms with Gasteiger partial charge in [0.25, 0.3) is 0 Å². The van der Waals surface area contributed by atoms with Crippen LogP contribution in [0.3, 0.4) is 0 Å². The number of hydrogen-bond donors (Lipinski definition) is 1. The second-order valence-corrected chi connectivity index (χ2v) is 4.59. The van der Waals surface area contributed by atoms with E-state index in [0.29, 0.717) is 13.0 Å². The van der Waals surface area contributed by atoms with Gasteiger partial charge in [0.1, 0.15) is 0 Å². The van der Waals surface area contributed by atoms with E-state index in [9.17, 15) is 4.79 Å². The minimum atomic E-state index is -0.413. The Kier molecular flexibility index (Phi) is 6.28. The highest BCUT2D eigenvalue weighted by Gasteiger charge is 2.31. The molecule has 4 nitrogen and oxygen atoms in total. The Morgan fingerprint density at radius 3 is 2.89 bits per heavy atom. The first-order chi connectivity index (χ1) is 8.70. The number of rotatable bonds is 4. The van der Waals surface area contributed by atoms with Crippen LogP contribution in [0.1, 0.15) is 17.5 Å². The van der Waals surface area contributed by atoms with Gasteiger partial charge in [-0.1, -0.05) is 24.3 Å². The number of hydrogen-bond acceptors (Lipinski definition) is 4. The molecule has 1 aromatic rings. The average Bonchev–Trinajstić information content (AvgIpc) is 2.86. The van der Waals surface area contributed by atoms with E-state index in [-0.39, 0.29) is 24.4 Å². The Hall–Kier alpha value is -1.10. The van der Waals surface area contributed by atoms with Gasteiger partial charge in [0.2, 0.25) is 0 Å². The number of benzene rings is 1. The zero-order chi connectivity index (χ0) is 13.0. The van der Waals surface area contributed by atoms with Gasteiger partial charge in [0, 0.05) is 19.0 Å². The van der Waals surface area contributed by atoms with Crippen molar-refractivity contribution in [2.24, 2.45) is 0 Å². The summed E-state index contributed by atoms with van der Waals surface area (Å²) < 4.78 is 10.1. The standard InChI is InChI=1S/C14H19NO3.ClH/c1-10-5-3-4-6-11(10)8-15-12-7-13(18-9-12)14(16)17-2;/h3-6,12-13,15H,7-9H2,1-2H3;1H. The highest BCUT2D eigenvalue weighted by molar-refractivity contribution is 5.85. The lowest BCUT2D eigenvalue weighted by atomic mass is 10.1. The first-order valence-corrected chi connectivity index (χ1v) is 6.18. The molecule has 1 fully saturated rings. The maximum absolute atomic E-state index is 11.3. The molecule has 0 aromatic heterocycles. The van der Waals surface area contributed by atoms with Crippen molar-refractivity contribution in [2.75, 3.05) is 13.7 Å². The van der Waals surface area contributed by atoms with E-state index >= 15 is 0 Å². The van der Waals surface area contributed by atoms with Crippen LogP contribution in [0.25, 0.3) is 0 Å². The monoisotopic (exact) mass is 285 g/mol. The van der Waals surface area contributed by atoms with E-state index in [1.54, 1.807) is 0 Å². The van der Waals surface area contributed by atoms with Gasteiger partial charge < -0.3 is 14.8 Å². The van der Waals surface area contributed by atoms with Crippen LogP contribution in [-0.2, 0) is 20.8 Å². The summed E-state index contributed by atoms with van der Waals surface area (Å²) in [6, 6.07) is 8.49. The highest BCUT2D eigenvalue weighted by Crippen LogP contribution is 2.15. The zero-order valence-corrected chi connectivity index (χ0v) is 12.0. The van der Waals surface area contributed by atoms with Crippen molar-refractivity contribution in [3.8, 4) is 0 Å². The molecule has 0 radical (unpaired) electrons. The molecule has 5 heteroatoms. The normalized spacial score (nSPS) is 21.8. The molecule has 1 heterocycles. The quantitative estimate of drug-likeness (QED) is 0.858. The summed E-state index contributed by atoms with van der Waals surface area (Å²) in [5.41, 5.74) is 2.55. The minimum Gasteiger partial charge on any atom is -0.467 e. The lowest BCUT2D eigenvalue weighted by molar-refractivity contribution is -0.151. The number of methoxy groups -OCH3 is 1. The third kappa shape index (κ3) is 4.20. The van der Waals surface area contributed by atoms with Gasteiger partial charge in [-0.2, -0.15) is 0 Å². The smallest absolute Gasteiger partial charge is 0.335 e. The summed E-state index contributed by atoms with van der Waals surface area (Å²) in [5, 5.41) is 3.41. The van der Waals surface area contributed by atoms with Gasteiger partial charge in [-0.25, -0.2) is 4.79 Å². The van der Waals surface area contributed by atoms with Crippen molar-refractivity contribution in [3.63, 3.8) is 0 Å². The van der Waals surface area contributed by atoms with E-state index in [2.05, 4.69) is 29.1 Å². The molecule has 19 heavy (non-hydrogen) atoms. The van der Waals surface area contributed by atoms with E-state index in [1.165, 1.54) is 18.2 Å². The zero-order valence-electron chi connectivity index (χ0n) is 11.2. The van der Waals surface area contributed by atoms with Crippen molar-refractivity contribution in [3.05, 3.63) is 35.4 Å². The molecule has 0 spiro atoms. The SMILES string of the molecule is COC(=O)C1CC(NCc2ccccc2C)CO1.Cl. The molecule has 0 amide bonds. The van der Waals surface area contributed by atoms with Gasteiger partial charge >= 0.3 is 5.97 Å². The predicted octanol–water partition coefficient (Wildman–Crippen LogP) is 1.84. The van der Waals surface area contributed by atoms with E-state index in [1.807, 2.05) is 12.1 Å². The van der Waals surface area contributed by atoms with Crippen LogP contribution in [0.5, 0.6) is 0 Å². The molecule has 1 aromatic carbocycles. The summed E-state index contributed by atoms with van der Waals surface area (Å²) in [4.78, 5) is 11.3. The fourth-order valence-corrected chi connectivity index (χ4v) is 2.13. The van der Waals surface area contributed by atoms with E-state index < -0.39 is 6.10 Å². The minimum absolute atomic E-state index is 0. The molecule has 1 N–H and O–H groups in total. The Bertz CT molecular complexity index is 425. The Morgan fingerprint density at radius 1 is 1.47 bits per heavy atom. The number of esters is 1. The molecule has 0 saturated carbocycles. The van der Waals surface area contributed by atoms with Crippen LogP contribution in [-0.4, -0.2) is 31.8 Å². The second-order valence-electron chi connectivity index (χ2n) is 4.59. The van der Waals surface area contributed by atoms with Crippen LogP contribution in [0.2, 0.25) is 0 Å². The fraction of sp³-hybridized carbons (Fsp3) is 0.500. The summed E-state index contributed by atoms with van der Waals surface area (Å²) >= 11 is 0. The summed E-state index contributed by atoms with van der Waals surface area (Å²) in [6.45, 7) is 3.46. The summed E-state index contributed by atoms with van der Waals surface area (Å²) in [6.07, 6.45) is 0.267. The number of carbonyl (C=O) groups is 1. The topological polar surface area (TPSA) is 47.6 Å². The van der Waals surface area contributed by atoms with Crippen LogP contribution >= 0.6 is 12.4 Å². The Morgan fingerprint density at radius 2 is 2.21 bits per heavy atom. The lowest BCUT2D eigenvalue weighted by Gasteiger charge is -2.12. The maximum atomic E-state index is 11.3. The van der Waals surface area contributed by atoms with E-state index in [0.717, 1.165) is 6.54 Å². The molecule has 2 atom stereocenters. The molecule has 0 bridgehead atoms. The summed E-state index contributed by atoms with van der Waals surface area (Å²) in [5.74, 6) is -0.282. The van der Waals surface area contributed by atoms with Gasteiger partial charge in [-0.05, 0) is 18.1 Å². The molecule has 1 aliphatic rings. The van der Waals surface area contributed by atoms with E-state index in [4.69, 9.17) is 4.74 Å². The number of ether oxygens (including phenoxy) is 2. The molecule has 106 valence electrons. The third-order valence-electron chi connectivity index (χ3n) is 3.30. The molecule has 2 rings (SSSR count). The van der Waals surface area contributed by atoms with Crippen molar-refractivity contribution in [1.82, 2.24) is 5.32 Å². The van der Waals surface area contributed by atoms with Crippen LogP contribution in [0, 0.1) is 6.92 Å². The molecular formula is C14H20ClNO3. The molecular weight excluding hydrogens is 266 g/mol. The Balaban J connectivity index is 0.00000180. The van der Waals surface area contributed by atoms with Crippen molar-refractivity contribution in [1.29, 1.82) is 0 Å². The van der Waals surface area contributed by atoms with Crippen molar-refractivity contribution in [2.45, 2.75) is 32.0 Å². The van der Waals surface area contributed by atoms with Crippen molar-refractivity contribution < 1.29 is 14.3 Å². The molecule has 1 aliphatic heterocycles. The number of carbonyl (C=O) groups excluding carboxylic acids is 1. The highest BCUT2D eigenvalue weighted by atomic mass is 35.5. The first kappa shape index (κ1) is 16.0. The van der Waals surface area contributed by atoms with Crippen LogP contribution in [0.15, 0.2) is 24.3 Å². The van der Waals surface area contributed by atoms with Crippen LogP contribution < -0.4 is 5.32 Å². The second kappa shape index (κ2) is 7.48. The number of halogens is 1. The van der Waals surface area contributed by atoms with Gasteiger partial charge in [-0.3, -0.25) is 0 Å². The number of nitrogens with one attached hydrogen (secondary N) is 1. The average molecular weight is 286 g/mol. The largest absolute Gasteiger partial charge is 0.467 e. The molecule has 0 aliphatic carbocycles.